The Morgan fingerprint density at radius 1 is 1.52 bits per heavy atom. The summed E-state index contributed by atoms with van der Waals surface area (Å²) in [5, 5.41) is 19.3. The number of amides is 1. The SMILES string of the molecule is CC(C)N(C[C@@H](F)C(C)(C)O)c1c[c]([In]2[CH]=CC=[C]2C#N)ncc1C(N)=O. The molecule has 1 aliphatic heterocycles. The van der Waals surface area contributed by atoms with E-state index < -0.39 is 39.1 Å². The van der Waals surface area contributed by atoms with Crippen LogP contribution in [0.3, 0.4) is 0 Å². The van der Waals surface area contributed by atoms with Crippen molar-refractivity contribution in [1.29, 1.82) is 5.26 Å². The molecule has 0 aromatic carbocycles. The molecule has 0 radical (unpaired) electrons. The maximum atomic E-state index is 14.6. The Labute approximate surface area is 166 Å². The van der Waals surface area contributed by atoms with Gasteiger partial charge in [-0.1, -0.05) is 0 Å². The zero-order chi connectivity index (χ0) is 20.4. The van der Waals surface area contributed by atoms with Gasteiger partial charge < -0.3 is 0 Å². The van der Waals surface area contributed by atoms with Crippen LogP contribution in [0.15, 0.2) is 31.6 Å². The molecule has 0 aliphatic carbocycles. The van der Waals surface area contributed by atoms with Crippen LogP contribution in [0.25, 0.3) is 0 Å². The van der Waals surface area contributed by atoms with Gasteiger partial charge in [0.1, 0.15) is 0 Å². The third kappa shape index (κ3) is 4.90. The van der Waals surface area contributed by atoms with Gasteiger partial charge >= 0.3 is 167 Å². The fourth-order valence-electron chi connectivity index (χ4n) is 2.88. The van der Waals surface area contributed by atoms with Crippen molar-refractivity contribution in [2.24, 2.45) is 5.73 Å². The molecule has 1 aliphatic rings. The van der Waals surface area contributed by atoms with Crippen molar-refractivity contribution >= 4 is 36.5 Å². The molecule has 0 fully saturated rings. The van der Waals surface area contributed by atoms with Gasteiger partial charge in [0.15, 0.2) is 0 Å². The Morgan fingerprint density at radius 2 is 2.19 bits per heavy atom. The first-order valence-corrected chi connectivity index (χ1v) is 14.0. The number of nitrogens with zero attached hydrogens (tertiary/aromatic N) is 3. The molecule has 27 heavy (non-hydrogen) atoms. The number of aromatic nitrogens is 1. The van der Waals surface area contributed by atoms with Crippen LogP contribution in [0.4, 0.5) is 10.1 Å². The summed E-state index contributed by atoms with van der Waals surface area (Å²) >= 11 is -2.69. The predicted molar refractivity (Wildman–Crippen MR) is 105 cm³/mol. The summed E-state index contributed by atoms with van der Waals surface area (Å²) < 4.78 is 18.2. The van der Waals surface area contributed by atoms with Crippen LogP contribution in [0.1, 0.15) is 38.1 Å². The second kappa shape index (κ2) is 8.44. The Bertz CT molecular complexity index is 824. The Kier molecular flexibility index (Phi) is 6.71. The maximum absolute atomic E-state index is 14.6. The second-order valence-corrected chi connectivity index (χ2v) is 14.7. The van der Waals surface area contributed by atoms with Crippen molar-refractivity contribution in [2.45, 2.75) is 45.5 Å². The predicted octanol–water partition coefficient (Wildman–Crippen LogP) is 1.30. The first-order valence-electron chi connectivity index (χ1n) is 8.77. The number of pyridine rings is 1. The number of primary amides is 1. The van der Waals surface area contributed by atoms with Crippen molar-refractivity contribution in [3.63, 3.8) is 0 Å². The molecule has 0 saturated carbocycles. The average Bonchev–Trinajstić information content (AvgIpc) is 3.06. The fraction of sp³-hybridized carbons (Fsp3) is 0.421. The van der Waals surface area contributed by atoms with Gasteiger partial charge in [0.25, 0.3) is 0 Å². The number of nitrogens with two attached hydrogens (primary N) is 1. The number of rotatable bonds is 7. The molecular weight excluding hydrogens is 450 g/mol. The molecule has 0 unspecified atom stereocenters. The van der Waals surface area contributed by atoms with Crippen molar-refractivity contribution in [3.05, 3.63) is 37.1 Å². The molecule has 1 aromatic heterocycles. The van der Waals surface area contributed by atoms with Gasteiger partial charge in [-0.15, -0.1) is 0 Å². The van der Waals surface area contributed by atoms with E-state index in [1.807, 2.05) is 23.8 Å². The van der Waals surface area contributed by atoms with Gasteiger partial charge in [0.2, 0.25) is 0 Å². The van der Waals surface area contributed by atoms with Crippen molar-refractivity contribution in [1.82, 2.24) is 4.98 Å². The number of hydrogen-bond donors (Lipinski definition) is 2. The molecule has 1 aromatic rings. The van der Waals surface area contributed by atoms with Gasteiger partial charge in [-0.2, -0.15) is 0 Å². The number of nitriles is 1. The second-order valence-electron chi connectivity index (χ2n) is 7.45. The summed E-state index contributed by atoms with van der Waals surface area (Å²) in [6.07, 6.45) is 3.56. The van der Waals surface area contributed by atoms with E-state index in [1.54, 1.807) is 17.0 Å². The molecule has 8 heteroatoms. The summed E-state index contributed by atoms with van der Waals surface area (Å²) in [6, 6.07) is 3.85. The fourth-order valence-corrected chi connectivity index (χ4v) is 8.84. The number of carbonyl (C=O) groups is 1. The first-order chi connectivity index (χ1) is 12.6. The van der Waals surface area contributed by atoms with Gasteiger partial charge in [0.05, 0.1) is 0 Å². The van der Waals surface area contributed by atoms with Gasteiger partial charge in [-0.25, -0.2) is 0 Å². The van der Waals surface area contributed by atoms with E-state index in [-0.39, 0.29) is 18.2 Å². The number of aliphatic hydroxyl groups is 1. The molecule has 1 atom stereocenters. The molecule has 0 bridgehead atoms. The Morgan fingerprint density at radius 3 is 2.70 bits per heavy atom. The average molecular weight is 474 g/mol. The van der Waals surface area contributed by atoms with Crippen molar-refractivity contribution < 1.29 is 14.3 Å². The summed E-state index contributed by atoms with van der Waals surface area (Å²) in [7, 11) is 0. The van der Waals surface area contributed by atoms with E-state index in [0.29, 0.717) is 5.69 Å². The van der Waals surface area contributed by atoms with E-state index in [9.17, 15) is 19.6 Å². The van der Waals surface area contributed by atoms with E-state index in [0.717, 1.165) is 6.78 Å². The number of halogens is 1. The van der Waals surface area contributed by atoms with E-state index in [1.165, 1.54) is 20.0 Å². The molecule has 2 rings (SSSR count). The van der Waals surface area contributed by atoms with Crippen LogP contribution in [0, 0.1) is 11.3 Å². The van der Waals surface area contributed by atoms with Gasteiger partial charge in [0, 0.05) is 0 Å². The van der Waals surface area contributed by atoms with Gasteiger partial charge in [-0.3, -0.25) is 0 Å². The van der Waals surface area contributed by atoms with Crippen molar-refractivity contribution in [3.8, 4) is 6.07 Å². The molecule has 6 nitrogen and oxygen atoms in total. The van der Waals surface area contributed by atoms with E-state index in [2.05, 4.69) is 11.1 Å². The summed E-state index contributed by atoms with van der Waals surface area (Å²) in [5.41, 5.74) is 4.69. The Hall–Kier alpha value is -1.85. The van der Waals surface area contributed by atoms with Crippen LogP contribution in [-0.2, 0) is 0 Å². The summed E-state index contributed by atoms with van der Waals surface area (Å²) in [6.45, 7) is 6.48. The number of anilines is 1. The normalized spacial score (nSPS) is 14.9. The number of alkyl halides is 1. The van der Waals surface area contributed by atoms with Crippen molar-refractivity contribution in [2.75, 3.05) is 11.4 Å². The quantitative estimate of drug-likeness (QED) is 0.621. The van der Waals surface area contributed by atoms with Crippen LogP contribution >= 0.6 is 0 Å². The minimum atomic E-state index is -2.69. The first kappa shape index (κ1) is 21.5. The van der Waals surface area contributed by atoms with E-state index >= 15 is 0 Å². The molecule has 3 N–H and O–H groups in total. The number of hydrogen-bond acceptors (Lipinski definition) is 5. The summed E-state index contributed by atoms with van der Waals surface area (Å²) in [4.78, 5) is 18.0. The van der Waals surface area contributed by atoms with Crippen LogP contribution in [0.2, 0.25) is 0 Å². The molecular formula is C19H24FInN4O2. The van der Waals surface area contributed by atoms with Crippen LogP contribution < -0.4 is 14.1 Å². The van der Waals surface area contributed by atoms with Crippen LogP contribution in [-0.4, -0.2) is 61.8 Å². The van der Waals surface area contributed by atoms with Gasteiger partial charge in [-0.05, 0) is 0 Å². The molecule has 2 heterocycles. The summed E-state index contributed by atoms with van der Waals surface area (Å²) in [5.74, 6) is -0.651. The molecule has 1 amide bonds. The topological polar surface area (TPSA) is 103 Å². The third-order valence-corrected chi connectivity index (χ3v) is 11.9. The monoisotopic (exact) mass is 474 g/mol. The Balaban J connectivity index is 2.52. The zero-order valence-electron chi connectivity index (χ0n) is 16.0. The van der Waals surface area contributed by atoms with Crippen LogP contribution in [0.5, 0.6) is 0 Å². The molecule has 142 valence electrons. The number of allylic oxidation sites excluding steroid dienone is 3. The minimum absolute atomic E-state index is 0.0954. The third-order valence-electron chi connectivity index (χ3n) is 4.59. The number of carbonyl (C=O) groups excluding carboxylic acids is 1. The molecule has 0 spiro atoms. The zero-order valence-corrected chi connectivity index (χ0v) is 19.3. The van der Waals surface area contributed by atoms with E-state index in [4.69, 9.17) is 5.73 Å². The standard InChI is InChI=1S/C14H21FN3O2.C5H3N.In/c1-9(2)18(8-12(15)14(3,4)20)11-5-6-17-7-10(11)13(16)19;1-2-3-4-5-6;/h5,7,9,12,20H,8H2,1-4H3,(H2,16,19);1-3H;/t12-;;/m1../s1. The molecule has 0 saturated heterocycles.